The van der Waals surface area contributed by atoms with Crippen LogP contribution < -0.4 is 11.1 Å². The van der Waals surface area contributed by atoms with Gasteiger partial charge in [-0.2, -0.15) is 0 Å². The van der Waals surface area contributed by atoms with Gasteiger partial charge in [0.15, 0.2) is 0 Å². The molecule has 0 spiro atoms. The normalized spacial score (nSPS) is 34.9. The molecule has 3 fully saturated rings. The number of nitrogens with one attached hydrogen (secondary N) is 1. The predicted molar refractivity (Wildman–Crippen MR) is 81.2 cm³/mol. The second kappa shape index (κ2) is 5.60. The smallest absolute Gasteiger partial charge is 0.233 e. The van der Waals surface area contributed by atoms with Crippen molar-refractivity contribution in [1.82, 2.24) is 5.32 Å². The fourth-order valence-corrected chi connectivity index (χ4v) is 4.62. The van der Waals surface area contributed by atoms with Gasteiger partial charge < -0.3 is 15.8 Å². The van der Waals surface area contributed by atoms with E-state index in [4.69, 9.17) is 22.7 Å². The van der Waals surface area contributed by atoms with Gasteiger partial charge in [0.05, 0.1) is 4.99 Å². The number of amides is 1. The number of ether oxygens (including phenoxy) is 1. The summed E-state index contributed by atoms with van der Waals surface area (Å²) in [6.07, 6.45) is 6.63. The molecule has 2 bridgehead atoms. The molecule has 4 nitrogen and oxygen atoms in total. The number of carbonyl (C=O) groups excluding carboxylic acids is 1. The standard InChI is InChI=1S/C15H24N2O2S/c16-13(20)15(3-5-19-6-4-15)14(18)17-9-12-8-10-1-2-11(12)7-10/h10-12H,1-9H2,(H2,16,20)(H,17,18). The molecule has 5 heteroatoms. The van der Waals surface area contributed by atoms with Gasteiger partial charge in [-0.3, -0.25) is 4.79 Å². The Kier molecular flexibility index (Phi) is 4.00. The van der Waals surface area contributed by atoms with Crippen LogP contribution in [0.3, 0.4) is 0 Å². The molecule has 1 aliphatic heterocycles. The zero-order valence-electron chi connectivity index (χ0n) is 11.9. The highest BCUT2D eigenvalue weighted by Crippen LogP contribution is 2.48. The Balaban J connectivity index is 1.58. The Morgan fingerprint density at radius 1 is 1.30 bits per heavy atom. The van der Waals surface area contributed by atoms with Gasteiger partial charge in [0.2, 0.25) is 5.91 Å². The minimum atomic E-state index is -0.675. The van der Waals surface area contributed by atoms with Crippen LogP contribution in [0.4, 0.5) is 0 Å². The molecule has 0 aromatic heterocycles. The molecule has 3 unspecified atom stereocenters. The van der Waals surface area contributed by atoms with Gasteiger partial charge in [-0.05, 0) is 49.9 Å². The van der Waals surface area contributed by atoms with E-state index < -0.39 is 5.41 Å². The van der Waals surface area contributed by atoms with Crippen molar-refractivity contribution < 1.29 is 9.53 Å². The summed E-state index contributed by atoms with van der Waals surface area (Å²) >= 11 is 5.17. The van der Waals surface area contributed by atoms with Gasteiger partial charge in [-0.15, -0.1) is 0 Å². The van der Waals surface area contributed by atoms with Crippen LogP contribution in [0.15, 0.2) is 0 Å². The van der Waals surface area contributed by atoms with E-state index in [9.17, 15) is 4.79 Å². The number of rotatable bonds is 4. The first-order valence-corrected chi connectivity index (χ1v) is 8.18. The molecular weight excluding hydrogens is 272 g/mol. The van der Waals surface area contributed by atoms with Crippen LogP contribution >= 0.6 is 12.2 Å². The van der Waals surface area contributed by atoms with Crippen LogP contribution in [0.2, 0.25) is 0 Å². The van der Waals surface area contributed by atoms with Gasteiger partial charge >= 0.3 is 0 Å². The van der Waals surface area contributed by atoms with E-state index in [1.807, 2.05) is 0 Å². The number of fused-ring (bicyclic) bond motifs is 2. The third-order valence-corrected chi connectivity index (χ3v) is 6.05. The second-order valence-electron chi connectivity index (χ2n) is 6.70. The Bertz CT molecular complexity index is 407. The van der Waals surface area contributed by atoms with E-state index in [-0.39, 0.29) is 5.91 Å². The van der Waals surface area contributed by atoms with Gasteiger partial charge in [0.1, 0.15) is 5.41 Å². The SMILES string of the molecule is NC(=S)C1(C(=O)NCC2CC3CCC2C3)CCOCC1. The van der Waals surface area contributed by atoms with Crippen molar-refractivity contribution in [2.75, 3.05) is 19.8 Å². The Morgan fingerprint density at radius 3 is 2.60 bits per heavy atom. The molecule has 20 heavy (non-hydrogen) atoms. The molecule has 3 atom stereocenters. The number of carbonyl (C=O) groups is 1. The lowest BCUT2D eigenvalue weighted by Crippen LogP contribution is -2.52. The average molecular weight is 296 g/mol. The summed E-state index contributed by atoms with van der Waals surface area (Å²) in [4.78, 5) is 12.9. The minimum absolute atomic E-state index is 0.0241. The molecule has 1 amide bonds. The summed E-state index contributed by atoms with van der Waals surface area (Å²) in [5.74, 6) is 2.43. The lowest BCUT2D eigenvalue weighted by atomic mass is 9.79. The van der Waals surface area contributed by atoms with Crippen LogP contribution in [0.5, 0.6) is 0 Å². The minimum Gasteiger partial charge on any atom is -0.392 e. The van der Waals surface area contributed by atoms with E-state index in [1.54, 1.807) is 0 Å². The Hall–Kier alpha value is -0.680. The maximum Gasteiger partial charge on any atom is 0.233 e. The van der Waals surface area contributed by atoms with E-state index in [0.717, 1.165) is 18.4 Å². The van der Waals surface area contributed by atoms with Crippen LogP contribution in [0.1, 0.15) is 38.5 Å². The quantitative estimate of drug-likeness (QED) is 0.774. The van der Waals surface area contributed by atoms with Crippen LogP contribution in [0, 0.1) is 23.2 Å². The Labute approximate surface area is 125 Å². The lowest BCUT2D eigenvalue weighted by Gasteiger charge is -2.35. The van der Waals surface area contributed by atoms with Crippen LogP contribution in [0.25, 0.3) is 0 Å². The summed E-state index contributed by atoms with van der Waals surface area (Å²) in [7, 11) is 0. The summed E-state index contributed by atoms with van der Waals surface area (Å²) < 4.78 is 5.35. The monoisotopic (exact) mass is 296 g/mol. The molecule has 3 aliphatic rings. The molecule has 1 heterocycles. The number of nitrogens with two attached hydrogens (primary N) is 1. The molecule has 0 aromatic rings. The maximum atomic E-state index is 12.6. The zero-order chi connectivity index (χ0) is 14.2. The highest BCUT2D eigenvalue weighted by molar-refractivity contribution is 7.80. The zero-order valence-corrected chi connectivity index (χ0v) is 12.7. The third kappa shape index (κ3) is 2.46. The summed E-state index contributed by atoms with van der Waals surface area (Å²) in [5.41, 5.74) is 5.19. The van der Waals surface area contributed by atoms with Crippen molar-refractivity contribution in [3.05, 3.63) is 0 Å². The molecule has 3 rings (SSSR count). The molecular formula is C15H24N2O2S. The Morgan fingerprint density at radius 2 is 2.05 bits per heavy atom. The molecule has 0 aromatic carbocycles. The predicted octanol–water partition coefficient (Wildman–Crippen LogP) is 1.62. The van der Waals surface area contributed by atoms with Crippen molar-refractivity contribution in [1.29, 1.82) is 0 Å². The largest absolute Gasteiger partial charge is 0.392 e. The van der Waals surface area contributed by atoms with E-state index in [1.165, 1.54) is 25.7 Å². The molecule has 0 radical (unpaired) electrons. The molecule has 3 N–H and O–H groups in total. The number of hydrogen-bond donors (Lipinski definition) is 2. The number of hydrogen-bond acceptors (Lipinski definition) is 3. The summed E-state index contributed by atoms with van der Waals surface area (Å²) in [5, 5.41) is 3.14. The first-order chi connectivity index (χ1) is 9.62. The topological polar surface area (TPSA) is 64.4 Å². The molecule has 1 saturated heterocycles. The maximum absolute atomic E-state index is 12.6. The van der Waals surface area contributed by atoms with Crippen molar-refractivity contribution in [3.63, 3.8) is 0 Å². The highest BCUT2D eigenvalue weighted by atomic mass is 32.1. The fraction of sp³-hybridized carbons (Fsp3) is 0.867. The third-order valence-electron chi connectivity index (χ3n) is 5.66. The lowest BCUT2D eigenvalue weighted by molar-refractivity contribution is -0.131. The van der Waals surface area contributed by atoms with Crippen molar-refractivity contribution >= 4 is 23.1 Å². The van der Waals surface area contributed by atoms with Crippen LogP contribution in [-0.4, -0.2) is 30.7 Å². The average Bonchev–Trinajstić information content (AvgIpc) is 3.07. The molecule has 112 valence electrons. The first-order valence-electron chi connectivity index (χ1n) is 7.78. The summed E-state index contributed by atoms with van der Waals surface area (Å²) in [6.45, 7) is 1.93. The second-order valence-corrected chi connectivity index (χ2v) is 7.14. The fourth-order valence-electron chi connectivity index (χ4n) is 4.32. The van der Waals surface area contributed by atoms with Gasteiger partial charge in [0.25, 0.3) is 0 Å². The van der Waals surface area contributed by atoms with Crippen molar-refractivity contribution in [2.45, 2.75) is 38.5 Å². The molecule has 2 aliphatic carbocycles. The first kappa shape index (κ1) is 14.3. The van der Waals surface area contributed by atoms with E-state index in [0.29, 0.717) is 37.0 Å². The van der Waals surface area contributed by atoms with Gasteiger partial charge in [-0.25, -0.2) is 0 Å². The van der Waals surface area contributed by atoms with Crippen molar-refractivity contribution in [3.8, 4) is 0 Å². The van der Waals surface area contributed by atoms with E-state index in [2.05, 4.69) is 5.32 Å². The summed E-state index contributed by atoms with van der Waals surface area (Å²) in [6, 6.07) is 0. The van der Waals surface area contributed by atoms with Gasteiger partial charge in [-0.1, -0.05) is 18.6 Å². The highest BCUT2D eigenvalue weighted by Gasteiger charge is 2.44. The van der Waals surface area contributed by atoms with Gasteiger partial charge in [0, 0.05) is 19.8 Å². The van der Waals surface area contributed by atoms with Crippen molar-refractivity contribution in [2.24, 2.45) is 28.9 Å². The van der Waals surface area contributed by atoms with Crippen LogP contribution in [-0.2, 0) is 9.53 Å². The molecule has 2 saturated carbocycles. The van der Waals surface area contributed by atoms with E-state index >= 15 is 0 Å². The number of thiocarbonyl (C=S) groups is 1.